The Morgan fingerprint density at radius 3 is 2.89 bits per heavy atom. The standard InChI is InChI=1S/C15H19FO2/c16-13-1-2-14-12(9-13)3-6-15(14,17)10-11-4-7-18-8-5-11/h1-2,9,11,17H,3-8,10H2. The number of halogens is 1. The molecule has 0 aromatic heterocycles. The van der Waals surface area contributed by atoms with Crippen LogP contribution in [0.1, 0.15) is 36.8 Å². The average Bonchev–Trinajstić information content (AvgIpc) is 2.67. The maximum atomic E-state index is 13.2. The van der Waals surface area contributed by atoms with Gasteiger partial charge < -0.3 is 9.84 Å². The Bertz CT molecular complexity index is 440. The Balaban J connectivity index is 1.80. The fourth-order valence-corrected chi connectivity index (χ4v) is 3.34. The van der Waals surface area contributed by atoms with E-state index >= 15 is 0 Å². The van der Waals surface area contributed by atoms with E-state index < -0.39 is 5.60 Å². The van der Waals surface area contributed by atoms with Gasteiger partial charge in [-0.25, -0.2) is 4.39 Å². The predicted octanol–water partition coefficient (Wildman–Crippen LogP) is 2.78. The molecule has 0 amide bonds. The summed E-state index contributed by atoms with van der Waals surface area (Å²) in [6.07, 6.45) is 4.35. The van der Waals surface area contributed by atoms with Crippen molar-refractivity contribution in [2.24, 2.45) is 5.92 Å². The molecule has 98 valence electrons. The number of aryl methyl sites for hydroxylation is 1. The van der Waals surface area contributed by atoms with E-state index in [1.807, 2.05) is 0 Å². The zero-order valence-electron chi connectivity index (χ0n) is 10.5. The second-order valence-electron chi connectivity index (χ2n) is 5.59. The van der Waals surface area contributed by atoms with Gasteiger partial charge in [0.05, 0.1) is 5.60 Å². The van der Waals surface area contributed by atoms with Crippen molar-refractivity contribution in [3.05, 3.63) is 35.1 Å². The summed E-state index contributed by atoms with van der Waals surface area (Å²) in [5, 5.41) is 10.8. The van der Waals surface area contributed by atoms with Crippen LogP contribution in [0.4, 0.5) is 4.39 Å². The number of hydrogen-bond donors (Lipinski definition) is 1. The van der Waals surface area contributed by atoms with E-state index in [4.69, 9.17) is 4.74 Å². The molecule has 0 bridgehead atoms. The molecule has 1 aromatic rings. The number of hydrogen-bond acceptors (Lipinski definition) is 2. The van der Waals surface area contributed by atoms with Crippen molar-refractivity contribution < 1.29 is 14.2 Å². The monoisotopic (exact) mass is 250 g/mol. The molecule has 1 heterocycles. The SMILES string of the molecule is OC1(CC2CCOCC2)CCc2cc(F)ccc21. The van der Waals surface area contributed by atoms with Crippen molar-refractivity contribution in [1.82, 2.24) is 0 Å². The Kier molecular flexibility index (Phi) is 3.12. The van der Waals surface area contributed by atoms with Crippen LogP contribution >= 0.6 is 0 Å². The highest BCUT2D eigenvalue weighted by molar-refractivity contribution is 5.37. The van der Waals surface area contributed by atoms with E-state index in [-0.39, 0.29) is 5.82 Å². The first-order valence-electron chi connectivity index (χ1n) is 6.76. The van der Waals surface area contributed by atoms with Gasteiger partial charge in [0, 0.05) is 13.2 Å². The molecule has 1 aliphatic carbocycles. The molecule has 1 fully saturated rings. The Hall–Kier alpha value is -0.930. The lowest BCUT2D eigenvalue weighted by atomic mass is 9.82. The zero-order valence-corrected chi connectivity index (χ0v) is 10.5. The molecule has 1 unspecified atom stereocenters. The van der Waals surface area contributed by atoms with E-state index in [1.54, 1.807) is 12.1 Å². The first kappa shape index (κ1) is 12.1. The van der Waals surface area contributed by atoms with Gasteiger partial charge in [0.2, 0.25) is 0 Å². The minimum absolute atomic E-state index is 0.205. The maximum absolute atomic E-state index is 13.2. The minimum atomic E-state index is -0.745. The van der Waals surface area contributed by atoms with Crippen LogP contribution in [0, 0.1) is 11.7 Å². The largest absolute Gasteiger partial charge is 0.385 e. The normalized spacial score (nSPS) is 28.3. The third-order valence-electron chi connectivity index (χ3n) is 4.34. The average molecular weight is 250 g/mol. The molecule has 1 atom stereocenters. The van der Waals surface area contributed by atoms with Gasteiger partial charge in [-0.1, -0.05) is 6.07 Å². The van der Waals surface area contributed by atoms with E-state index in [9.17, 15) is 9.50 Å². The van der Waals surface area contributed by atoms with E-state index in [1.165, 1.54) is 6.07 Å². The Labute approximate surface area is 107 Å². The van der Waals surface area contributed by atoms with E-state index in [2.05, 4.69) is 0 Å². The topological polar surface area (TPSA) is 29.5 Å². The van der Waals surface area contributed by atoms with Crippen molar-refractivity contribution in [2.45, 2.75) is 37.7 Å². The van der Waals surface area contributed by atoms with Crippen LogP contribution in [0.5, 0.6) is 0 Å². The first-order chi connectivity index (χ1) is 8.67. The minimum Gasteiger partial charge on any atom is -0.385 e. The van der Waals surface area contributed by atoms with E-state index in [0.29, 0.717) is 5.92 Å². The molecule has 0 spiro atoms. The smallest absolute Gasteiger partial charge is 0.123 e. The molecule has 3 rings (SSSR count). The van der Waals surface area contributed by atoms with Gasteiger partial charge in [-0.3, -0.25) is 0 Å². The fourth-order valence-electron chi connectivity index (χ4n) is 3.34. The van der Waals surface area contributed by atoms with Gasteiger partial charge in [-0.15, -0.1) is 0 Å². The second kappa shape index (κ2) is 4.63. The third kappa shape index (κ3) is 2.17. The lowest BCUT2D eigenvalue weighted by Crippen LogP contribution is -2.29. The Morgan fingerprint density at radius 1 is 1.33 bits per heavy atom. The summed E-state index contributed by atoms with van der Waals surface area (Å²) in [7, 11) is 0. The predicted molar refractivity (Wildman–Crippen MR) is 66.8 cm³/mol. The van der Waals surface area contributed by atoms with Gasteiger partial charge in [-0.2, -0.15) is 0 Å². The van der Waals surface area contributed by atoms with Gasteiger partial charge in [0.15, 0.2) is 0 Å². The van der Waals surface area contributed by atoms with Crippen molar-refractivity contribution in [2.75, 3.05) is 13.2 Å². The molecule has 2 nitrogen and oxygen atoms in total. The maximum Gasteiger partial charge on any atom is 0.123 e. The van der Waals surface area contributed by atoms with Gasteiger partial charge in [-0.05, 0) is 61.3 Å². The summed E-state index contributed by atoms with van der Waals surface area (Å²) in [5.41, 5.74) is 1.17. The lowest BCUT2D eigenvalue weighted by molar-refractivity contribution is -0.0144. The number of benzene rings is 1. The van der Waals surface area contributed by atoms with Crippen LogP contribution in [0.25, 0.3) is 0 Å². The molecule has 1 saturated heterocycles. The van der Waals surface area contributed by atoms with Crippen molar-refractivity contribution in [3.63, 3.8) is 0 Å². The summed E-state index contributed by atoms with van der Waals surface area (Å²) in [5.74, 6) is 0.323. The molecular weight excluding hydrogens is 231 g/mol. The summed E-state index contributed by atoms with van der Waals surface area (Å²) in [4.78, 5) is 0. The summed E-state index contributed by atoms with van der Waals surface area (Å²) >= 11 is 0. The molecule has 0 radical (unpaired) electrons. The highest BCUT2D eigenvalue weighted by Gasteiger charge is 2.38. The van der Waals surface area contributed by atoms with Gasteiger partial charge >= 0.3 is 0 Å². The highest BCUT2D eigenvalue weighted by atomic mass is 19.1. The quantitative estimate of drug-likeness (QED) is 0.874. The summed E-state index contributed by atoms with van der Waals surface area (Å²) < 4.78 is 18.5. The van der Waals surface area contributed by atoms with Crippen LogP contribution in [-0.4, -0.2) is 18.3 Å². The molecule has 3 heteroatoms. The molecule has 2 aliphatic rings. The molecule has 1 aliphatic heterocycles. The second-order valence-corrected chi connectivity index (χ2v) is 5.59. The van der Waals surface area contributed by atoms with Gasteiger partial charge in [0.25, 0.3) is 0 Å². The molecule has 1 N–H and O–H groups in total. The number of ether oxygens (including phenoxy) is 1. The van der Waals surface area contributed by atoms with Crippen LogP contribution in [0.15, 0.2) is 18.2 Å². The van der Waals surface area contributed by atoms with Crippen LogP contribution in [0.3, 0.4) is 0 Å². The van der Waals surface area contributed by atoms with Gasteiger partial charge in [0.1, 0.15) is 5.82 Å². The highest BCUT2D eigenvalue weighted by Crippen LogP contribution is 2.43. The fraction of sp³-hybridized carbons (Fsp3) is 0.600. The van der Waals surface area contributed by atoms with Crippen molar-refractivity contribution in [3.8, 4) is 0 Å². The summed E-state index contributed by atoms with van der Waals surface area (Å²) in [6, 6.07) is 4.79. The number of fused-ring (bicyclic) bond motifs is 1. The van der Waals surface area contributed by atoms with E-state index in [0.717, 1.165) is 56.4 Å². The number of aliphatic hydroxyl groups is 1. The van der Waals surface area contributed by atoms with Crippen molar-refractivity contribution >= 4 is 0 Å². The first-order valence-corrected chi connectivity index (χ1v) is 6.76. The Morgan fingerprint density at radius 2 is 2.11 bits per heavy atom. The summed E-state index contributed by atoms with van der Waals surface area (Å²) in [6.45, 7) is 1.61. The lowest BCUT2D eigenvalue weighted by Gasteiger charge is -2.31. The molecule has 0 saturated carbocycles. The van der Waals surface area contributed by atoms with Crippen LogP contribution < -0.4 is 0 Å². The van der Waals surface area contributed by atoms with Crippen LogP contribution in [-0.2, 0) is 16.8 Å². The molecule has 18 heavy (non-hydrogen) atoms. The third-order valence-corrected chi connectivity index (χ3v) is 4.34. The number of rotatable bonds is 2. The molecular formula is C15H19FO2. The zero-order chi connectivity index (χ0) is 12.6. The van der Waals surface area contributed by atoms with Crippen molar-refractivity contribution in [1.29, 1.82) is 0 Å². The molecule has 1 aromatic carbocycles. The van der Waals surface area contributed by atoms with Crippen LogP contribution in [0.2, 0.25) is 0 Å².